The van der Waals surface area contributed by atoms with Gasteiger partial charge < -0.3 is 30.6 Å². The highest BCUT2D eigenvalue weighted by atomic mass is 19.1. The van der Waals surface area contributed by atoms with E-state index in [1.807, 2.05) is 25.7 Å². The summed E-state index contributed by atoms with van der Waals surface area (Å²) in [4.78, 5) is 49.7. The first kappa shape index (κ1) is 29.9. The van der Waals surface area contributed by atoms with Crippen LogP contribution in [0.5, 0.6) is 0 Å². The van der Waals surface area contributed by atoms with Gasteiger partial charge >= 0.3 is 6.09 Å². The first-order valence-electron chi connectivity index (χ1n) is 12.8. The minimum absolute atomic E-state index is 0.153. The normalized spacial score (nSPS) is 14.5. The van der Waals surface area contributed by atoms with Gasteiger partial charge in [0.2, 0.25) is 0 Å². The Hall–Kier alpha value is -4.61. The fourth-order valence-electron chi connectivity index (χ4n) is 3.74. The van der Waals surface area contributed by atoms with Crippen molar-refractivity contribution in [1.29, 1.82) is 5.41 Å². The lowest BCUT2D eigenvalue weighted by Gasteiger charge is -2.26. The van der Waals surface area contributed by atoms with Crippen molar-refractivity contribution in [2.75, 3.05) is 36.8 Å². The van der Waals surface area contributed by atoms with Crippen molar-refractivity contribution < 1.29 is 23.5 Å². The molecule has 0 bridgehead atoms. The number of aromatic nitrogens is 1. The molecule has 3 rings (SSSR count). The van der Waals surface area contributed by atoms with E-state index in [-0.39, 0.29) is 28.9 Å². The Balaban J connectivity index is 1.64. The molecule has 0 radical (unpaired) electrons. The van der Waals surface area contributed by atoms with Crippen LogP contribution in [0.1, 0.15) is 43.1 Å². The van der Waals surface area contributed by atoms with Crippen LogP contribution in [0.15, 0.2) is 53.9 Å². The second-order valence-corrected chi connectivity index (χ2v) is 10.1. The summed E-state index contributed by atoms with van der Waals surface area (Å²) in [5, 5.41) is 12.9. The average Bonchev–Trinajstić information content (AvgIpc) is 3.14. The maximum absolute atomic E-state index is 13.1. The molecule has 1 aliphatic heterocycles. The zero-order valence-corrected chi connectivity index (χ0v) is 23.0. The van der Waals surface area contributed by atoms with Crippen LogP contribution in [-0.2, 0) is 9.53 Å². The van der Waals surface area contributed by atoms with Gasteiger partial charge in [0.1, 0.15) is 22.9 Å². The monoisotopic (exact) mass is 551 g/mol. The van der Waals surface area contributed by atoms with Crippen molar-refractivity contribution in [3.63, 3.8) is 0 Å². The van der Waals surface area contributed by atoms with Crippen molar-refractivity contribution in [3.05, 3.63) is 65.9 Å². The van der Waals surface area contributed by atoms with E-state index < -0.39 is 23.2 Å². The Morgan fingerprint density at radius 1 is 1.10 bits per heavy atom. The number of anilines is 2. The van der Waals surface area contributed by atoms with Crippen LogP contribution in [-0.4, -0.2) is 76.4 Å². The molecule has 1 aromatic carbocycles. The van der Waals surface area contributed by atoms with Crippen molar-refractivity contribution in [2.24, 2.45) is 4.99 Å². The Labute approximate surface area is 232 Å². The van der Waals surface area contributed by atoms with E-state index in [0.717, 1.165) is 24.4 Å². The number of nitrogens with zero attached hydrogens (tertiary/aromatic N) is 4. The highest BCUT2D eigenvalue weighted by Crippen LogP contribution is 2.19. The Morgan fingerprint density at radius 3 is 2.55 bits per heavy atom. The van der Waals surface area contributed by atoms with Crippen LogP contribution in [0, 0.1) is 18.2 Å². The van der Waals surface area contributed by atoms with Gasteiger partial charge in [0.05, 0.1) is 17.4 Å². The van der Waals surface area contributed by atoms with E-state index in [9.17, 15) is 18.8 Å². The zero-order chi connectivity index (χ0) is 29.3. The fourth-order valence-corrected chi connectivity index (χ4v) is 3.74. The van der Waals surface area contributed by atoms with Gasteiger partial charge in [-0.25, -0.2) is 19.2 Å². The molecule has 0 atom stereocenters. The first-order chi connectivity index (χ1) is 18.9. The molecular weight excluding hydrogens is 517 g/mol. The topological polar surface area (TPSA) is 140 Å². The molecule has 1 fully saturated rings. The summed E-state index contributed by atoms with van der Waals surface area (Å²) in [6.07, 6.45) is 5.32. The number of nitrogens with one attached hydrogen (secondary N) is 3. The summed E-state index contributed by atoms with van der Waals surface area (Å²) in [5.41, 5.74) is 0.419. The number of hydrogen-bond acceptors (Lipinski definition) is 8. The maximum Gasteiger partial charge on any atom is 0.410 e. The van der Waals surface area contributed by atoms with Gasteiger partial charge in [0.15, 0.2) is 0 Å². The molecule has 2 heterocycles. The summed E-state index contributed by atoms with van der Waals surface area (Å²) < 4.78 is 18.6. The largest absolute Gasteiger partial charge is 0.444 e. The minimum Gasteiger partial charge on any atom is -0.444 e. The molecule has 1 aliphatic rings. The van der Waals surface area contributed by atoms with E-state index in [0.29, 0.717) is 26.2 Å². The van der Waals surface area contributed by atoms with Crippen molar-refractivity contribution in [1.82, 2.24) is 14.8 Å². The lowest BCUT2D eigenvalue weighted by molar-refractivity contribution is -0.110. The molecule has 11 nitrogen and oxygen atoms in total. The fraction of sp³-hybridized carbons (Fsp3) is 0.357. The molecule has 212 valence electrons. The number of aryl methyl sites for hydroxylation is 1. The van der Waals surface area contributed by atoms with Crippen LogP contribution in [0.2, 0.25) is 0 Å². The van der Waals surface area contributed by atoms with Gasteiger partial charge in [-0.3, -0.25) is 9.59 Å². The molecule has 12 heteroatoms. The van der Waals surface area contributed by atoms with Gasteiger partial charge in [-0.2, -0.15) is 0 Å². The lowest BCUT2D eigenvalue weighted by Crippen LogP contribution is -2.38. The molecule has 3 amide bonds. The standard InChI is InChI=1S/C28H34FN7O4/c1-19-6-8-22(21(16-19)25(37)34-24-9-7-20(29)18-32-24)33-26(38)23(17-30)31-10-13-35-11-5-12-36(15-14-35)27(39)40-28(2,3)4/h6-10,13,16-18,30H,5,11-12,14-15H2,1-4H3,(H,33,38)(H,32,34,37)/b13-10+,30-17?,31-23?. The van der Waals surface area contributed by atoms with Gasteiger partial charge in [-0.15, -0.1) is 0 Å². The number of aliphatic imine (C=N–C) groups is 1. The zero-order valence-electron chi connectivity index (χ0n) is 23.0. The quantitative estimate of drug-likeness (QED) is 0.440. The predicted molar refractivity (Wildman–Crippen MR) is 151 cm³/mol. The molecule has 1 saturated heterocycles. The number of halogens is 1. The highest BCUT2D eigenvalue weighted by Gasteiger charge is 2.24. The molecular formula is C28H34FN7O4. The summed E-state index contributed by atoms with van der Waals surface area (Å²) in [5.74, 6) is -1.61. The third-order valence-electron chi connectivity index (χ3n) is 5.68. The van der Waals surface area contributed by atoms with Gasteiger partial charge in [-0.05, 0) is 58.4 Å². The van der Waals surface area contributed by atoms with Crippen molar-refractivity contribution >= 4 is 41.3 Å². The predicted octanol–water partition coefficient (Wildman–Crippen LogP) is 4.22. The number of ether oxygens (including phenoxy) is 1. The van der Waals surface area contributed by atoms with E-state index in [4.69, 9.17) is 10.1 Å². The molecule has 0 unspecified atom stereocenters. The molecule has 2 aromatic rings. The van der Waals surface area contributed by atoms with E-state index in [2.05, 4.69) is 20.6 Å². The second kappa shape index (κ2) is 13.5. The summed E-state index contributed by atoms with van der Waals surface area (Å²) >= 11 is 0. The van der Waals surface area contributed by atoms with Crippen LogP contribution >= 0.6 is 0 Å². The number of amides is 3. The van der Waals surface area contributed by atoms with Crippen molar-refractivity contribution in [2.45, 2.75) is 39.7 Å². The molecule has 0 saturated carbocycles. The second-order valence-electron chi connectivity index (χ2n) is 10.1. The van der Waals surface area contributed by atoms with Gasteiger partial charge in [-0.1, -0.05) is 11.6 Å². The van der Waals surface area contributed by atoms with Crippen LogP contribution in [0.4, 0.5) is 20.7 Å². The average molecular weight is 552 g/mol. The SMILES string of the molecule is Cc1ccc(NC(=O)C(C=N)=N/C=C/N2CCCN(C(=O)OC(C)(C)C)CC2)c(C(=O)Nc2ccc(F)cn2)c1. The molecule has 40 heavy (non-hydrogen) atoms. The molecule has 0 aliphatic carbocycles. The smallest absolute Gasteiger partial charge is 0.410 e. The van der Waals surface area contributed by atoms with E-state index in [1.54, 1.807) is 36.2 Å². The number of hydrogen-bond donors (Lipinski definition) is 3. The molecule has 1 aromatic heterocycles. The van der Waals surface area contributed by atoms with Gasteiger partial charge in [0, 0.05) is 44.8 Å². The number of rotatable bonds is 7. The van der Waals surface area contributed by atoms with Crippen LogP contribution < -0.4 is 10.6 Å². The number of benzene rings is 1. The van der Waals surface area contributed by atoms with E-state index in [1.165, 1.54) is 18.3 Å². The first-order valence-corrected chi connectivity index (χ1v) is 12.8. The number of carbonyl (C=O) groups is 3. The minimum atomic E-state index is -0.676. The van der Waals surface area contributed by atoms with E-state index >= 15 is 0 Å². The Kier molecular flexibility index (Phi) is 10.1. The molecule has 3 N–H and O–H groups in total. The summed E-state index contributed by atoms with van der Waals surface area (Å²) in [6, 6.07) is 7.39. The van der Waals surface area contributed by atoms with Crippen LogP contribution in [0.25, 0.3) is 0 Å². The third kappa shape index (κ3) is 9.00. The maximum atomic E-state index is 13.1. The summed E-state index contributed by atoms with van der Waals surface area (Å²) in [6.45, 7) is 9.56. The Morgan fingerprint density at radius 2 is 1.88 bits per heavy atom. The summed E-state index contributed by atoms with van der Waals surface area (Å²) in [7, 11) is 0. The highest BCUT2D eigenvalue weighted by molar-refractivity contribution is 6.62. The number of carbonyl (C=O) groups excluding carboxylic acids is 3. The third-order valence-corrected chi connectivity index (χ3v) is 5.68. The van der Waals surface area contributed by atoms with Crippen LogP contribution in [0.3, 0.4) is 0 Å². The van der Waals surface area contributed by atoms with Crippen molar-refractivity contribution in [3.8, 4) is 0 Å². The van der Waals surface area contributed by atoms with Gasteiger partial charge in [0.25, 0.3) is 11.8 Å². The Bertz CT molecular complexity index is 1300. The molecule has 0 spiro atoms. The number of pyridine rings is 1. The lowest BCUT2D eigenvalue weighted by atomic mass is 10.1.